The Morgan fingerprint density at radius 1 is 1.26 bits per heavy atom. The maximum atomic E-state index is 12.9. The molecule has 1 saturated heterocycles. The minimum absolute atomic E-state index is 0.0252. The standard InChI is InChI=1S/C18H25FN2O2/c1-20(17(22)12-13-4-6-14(19)7-5-13)15-8-9-16(18(15)23)21-10-2-3-11-21/h4-7,15-16,18,23H,2-3,8-12H2,1H3/t15-,16-,18-/m1/s1. The SMILES string of the molecule is CN(C(=O)Cc1ccc(F)cc1)[C@@H]1CC[C@@H](N2CCCC2)[C@@H]1O. The molecule has 3 atom stereocenters. The van der Waals surface area contributed by atoms with Crippen LogP contribution in [0, 0.1) is 5.82 Å². The predicted octanol–water partition coefficient (Wildman–Crippen LogP) is 1.81. The van der Waals surface area contributed by atoms with Gasteiger partial charge < -0.3 is 10.0 Å². The van der Waals surface area contributed by atoms with Gasteiger partial charge in [-0.05, 0) is 56.5 Å². The van der Waals surface area contributed by atoms with Crippen LogP contribution in [0.3, 0.4) is 0 Å². The minimum atomic E-state index is -0.477. The molecule has 1 saturated carbocycles. The van der Waals surface area contributed by atoms with Crippen molar-refractivity contribution < 1.29 is 14.3 Å². The number of benzene rings is 1. The molecule has 0 aromatic heterocycles. The van der Waals surface area contributed by atoms with E-state index in [1.165, 1.54) is 25.0 Å². The molecular formula is C18H25FN2O2. The number of hydrogen-bond donors (Lipinski definition) is 1. The van der Waals surface area contributed by atoms with Crippen LogP contribution >= 0.6 is 0 Å². The van der Waals surface area contributed by atoms with Crippen LogP contribution < -0.4 is 0 Å². The molecule has 4 nitrogen and oxygen atoms in total. The number of amides is 1. The summed E-state index contributed by atoms with van der Waals surface area (Å²) < 4.78 is 12.9. The zero-order valence-corrected chi connectivity index (χ0v) is 13.6. The maximum absolute atomic E-state index is 12.9. The molecule has 0 bridgehead atoms. The van der Waals surface area contributed by atoms with Gasteiger partial charge in [-0.2, -0.15) is 0 Å². The number of hydrogen-bond acceptors (Lipinski definition) is 3. The molecule has 1 N–H and O–H groups in total. The number of rotatable bonds is 4. The summed E-state index contributed by atoms with van der Waals surface area (Å²) in [5.41, 5.74) is 0.798. The Morgan fingerprint density at radius 3 is 2.57 bits per heavy atom. The van der Waals surface area contributed by atoms with Crippen LogP contribution in [-0.2, 0) is 11.2 Å². The Labute approximate surface area is 136 Å². The number of halogens is 1. The summed E-state index contributed by atoms with van der Waals surface area (Å²) >= 11 is 0. The number of nitrogens with zero attached hydrogens (tertiary/aromatic N) is 2. The summed E-state index contributed by atoms with van der Waals surface area (Å²) in [6, 6.07) is 6.09. The molecule has 0 spiro atoms. The average Bonchev–Trinajstić information content (AvgIpc) is 3.18. The van der Waals surface area contributed by atoms with Gasteiger partial charge in [0.1, 0.15) is 5.82 Å². The third-order valence-corrected chi connectivity index (χ3v) is 5.32. The first-order valence-corrected chi connectivity index (χ1v) is 8.48. The van der Waals surface area contributed by atoms with Gasteiger partial charge in [-0.1, -0.05) is 12.1 Å². The van der Waals surface area contributed by atoms with Crippen LogP contribution in [0.2, 0.25) is 0 Å². The van der Waals surface area contributed by atoms with Gasteiger partial charge >= 0.3 is 0 Å². The van der Waals surface area contributed by atoms with Crippen molar-refractivity contribution in [1.82, 2.24) is 9.80 Å². The topological polar surface area (TPSA) is 43.8 Å². The maximum Gasteiger partial charge on any atom is 0.227 e. The number of aliphatic hydroxyl groups excluding tert-OH is 1. The Kier molecular flexibility index (Phi) is 4.97. The molecular weight excluding hydrogens is 295 g/mol. The van der Waals surface area contributed by atoms with Crippen molar-refractivity contribution in [3.63, 3.8) is 0 Å². The molecule has 23 heavy (non-hydrogen) atoms. The normalized spacial score (nSPS) is 28.2. The molecule has 3 rings (SSSR count). The van der Waals surface area contributed by atoms with Gasteiger partial charge in [0.05, 0.1) is 18.6 Å². The highest BCUT2D eigenvalue weighted by molar-refractivity contribution is 5.79. The van der Waals surface area contributed by atoms with Gasteiger partial charge in [0, 0.05) is 13.1 Å². The second-order valence-electron chi connectivity index (χ2n) is 6.75. The number of carbonyl (C=O) groups is 1. The molecule has 2 aliphatic rings. The lowest BCUT2D eigenvalue weighted by Crippen LogP contribution is -2.48. The van der Waals surface area contributed by atoms with Crippen molar-refractivity contribution >= 4 is 5.91 Å². The van der Waals surface area contributed by atoms with Gasteiger partial charge in [-0.15, -0.1) is 0 Å². The largest absolute Gasteiger partial charge is 0.389 e. The zero-order chi connectivity index (χ0) is 16.4. The van der Waals surface area contributed by atoms with E-state index in [0.717, 1.165) is 31.5 Å². The number of likely N-dealkylation sites (N-methyl/N-ethyl adjacent to an activating group) is 1. The van der Waals surface area contributed by atoms with Crippen LogP contribution in [0.25, 0.3) is 0 Å². The Balaban J connectivity index is 1.59. The van der Waals surface area contributed by atoms with E-state index in [0.29, 0.717) is 0 Å². The quantitative estimate of drug-likeness (QED) is 0.920. The fourth-order valence-electron chi connectivity index (χ4n) is 3.92. The van der Waals surface area contributed by atoms with Crippen molar-refractivity contribution in [2.75, 3.05) is 20.1 Å². The van der Waals surface area contributed by atoms with Gasteiger partial charge in [0.15, 0.2) is 0 Å². The zero-order valence-electron chi connectivity index (χ0n) is 13.6. The van der Waals surface area contributed by atoms with E-state index < -0.39 is 6.10 Å². The van der Waals surface area contributed by atoms with Crippen LogP contribution in [-0.4, -0.2) is 59.1 Å². The van der Waals surface area contributed by atoms with Crippen LogP contribution in [0.1, 0.15) is 31.2 Å². The molecule has 0 unspecified atom stereocenters. The molecule has 0 radical (unpaired) electrons. The first-order chi connectivity index (χ1) is 11.1. The molecule has 2 fully saturated rings. The first kappa shape index (κ1) is 16.4. The Morgan fingerprint density at radius 2 is 1.91 bits per heavy atom. The number of carbonyl (C=O) groups excluding carboxylic acids is 1. The molecule has 1 heterocycles. The van der Waals surface area contributed by atoms with Crippen molar-refractivity contribution in [3.05, 3.63) is 35.6 Å². The lowest BCUT2D eigenvalue weighted by atomic mass is 10.1. The lowest BCUT2D eigenvalue weighted by molar-refractivity contribution is -0.133. The summed E-state index contributed by atoms with van der Waals surface area (Å²) in [5, 5.41) is 10.6. The predicted molar refractivity (Wildman–Crippen MR) is 86.5 cm³/mol. The Hall–Kier alpha value is -1.46. The van der Waals surface area contributed by atoms with E-state index >= 15 is 0 Å². The smallest absolute Gasteiger partial charge is 0.227 e. The number of aliphatic hydroxyl groups is 1. The van der Waals surface area contributed by atoms with Gasteiger partial charge in [0.25, 0.3) is 0 Å². The molecule has 1 aromatic carbocycles. The van der Waals surface area contributed by atoms with Gasteiger partial charge in [0.2, 0.25) is 5.91 Å². The molecule has 126 valence electrons. The van der Waals surface area contributed by atoms with E-state index in [9.17, 15) is 14.3 Å². The monoisotopic (exact) mass is 320 g/mol. The first-order valence-electron chi connectivity index (χ1n) is 8.48. The van der Waals surface area contributed by atoms with Crippen LogP contribution in [0.4, 0.5) is 4.39 Å². The van der Waals surface area contributed by atoms with Crippen LogP contribution in [0.15, 0.2) is 24.3 Å². The van der Waals surface area contributed by atoms with Crippen molar-refractivity contribution in [1.29, 1.82) is 0 Å². The molecule has 1 aliphatic heterocycles. The summed E-state index contributed by atoms with van der Waals surface area (Å²) in [6.07, 6.45) is 3.96. The van der Waals surface area contributed by atoms with E-state index in [4.69, 9.17) is 0 Å². The molecule has 5 heteroatoms. The molecule has 1 aromatic rings. The fourth-order valence-corrected chi connectivity index (χ4v) is 3.92. The van der Waals surface area contributed by atoms with E-state index in [1.54, 1.807) is 24.1 Å². The van der Waals surface area contributed by atoms with E-state index in [-0.39, 0.29) is 30.2 Å². The third-order valence-electron chi connectivity index (χ3n) is 5.32. The van der Waals surface area contributed by atoms with Gasteiger partial charge in [-0.25, -0.2) is 4.39 Å². The lowest BCUT2D eigenvalue weighted by Gasteiger charge is -2.32. The number of likely N-dealkylation sites (tertiary alicyclic amines) is 1. The van der Waals surface area contributed by atoms with E-state index in [1.807, 2.05) is 0 Å². The van der Waals surface area contributed by atoms with Gasteiger partial charge in [-0.3, -0.25) is 9.69 Å². The summed E-state index contributed by atoms with van der Waals surface area (Å²) in [6.45, 7) is 2.11. The summed E-state index contributed by atoms with van der Waals surface area (Å²) in [7, 11) is 1.77. The molecule has 1 aliphatic carbocycles. The highest BCUT2D eigenvalue weighted by Crippen LogP contribution is 2.30. The van der Waals surface area contributed by atoms with Crippen molar-refractivity contribution in [2.24, 2.45) is 0 Å². The van der Waals surface area contributed by atoms with Crippen molar-refractivity contribution in [3.8, 4) is 0 Å². The van der Waals surface area contributed by atoms with Crippen LogP contribution in [0.5, 0.6) is 0 Å². The second kappa shape index (κ2) is 6.97. The minimum Gasteiger partial charge on any atom is -0.389 e. The van der Waals surface area contributed by atoms with Crippen molar-refractivity contribution in [2.45, 2.75) is 50.3 Å². The third kappa shape index (κ3) is 3.56. The highest BCUT2D eigenvalue weighted by Gasteiger charge is 2.41. The summed E-state index contributed by atoms with van der Waals surface area (Å²) in [4.78, 5) is 16.5. The highest BCUT2D eigenvalue weighted by atomic mass is 19.1. The Bertz CT molecular complexity index is 542. The average molecular weight is 320 g/mol. The second-order valence-corrected chi connectivity index (χ2v) is 6.75. The fraction of sp³-hybridized carbons (Fsp3) is 0.611. The summed E-state index contributed by atoms with van der Waals surface area (Å²) in [5.74, 6) is -0.322. The van der Waals surface area contributed by atoms with E-state index in [2.05, 4.69) is 4.90 Å². The molecule has 1 amide bonds.